The predicted octanol–water partition coefficient (Wildman–Crippen LogP) is 4.15. The van der Waals surface area contributed by atoms with Crippen molar-refractivity contribution in [1.82, 2.24) is 0 Å². The first-order valence-electron chi connectivity index (χ1n) is 8.10. The molecule has 1 N–H and O–H groups in total. The van der Waals surface area contributed by atoms with E-state index in [4.69, 9.17) is 9.84 Å². The molecule has 1 saturated heterocycles. The first-order chi connectivity index (χ1) is 9.23. The molecule has 0 aromatic carbocycles. The maximum absolute atomic E-state index is 11.1. The average Bonchev–Trinajstić information content (AvgIpc) is 3.18. The second-order valence-electron chi connectivity index (χ2n) is 6.40. The van der Waals surface area contributed by atoms with Gasteiger partial charge < -0.3 is 9.84 Å². The SMILES string of the molecule is O=C(O)C1(CCC2CCCCCCCCCC2)CO1. The highest BCUT2D eigenvalue weighted by molar-refractivity contribution is 5.80. The van der Waals surface area contributed by atoms with Crippen molar-refractivity contribution in [2.24, 2.45) is 5.92 Å². The lowest BCUT2D eigenvalue weighted by Crippen LogP contribution is -2.24. The zero-order chi connectivity index (χ0) is 13.6. The van der Waals surface area contributed by atoms with Gasteiger partial charge >= 0.3 is 5.97 Å². The predicted molar refractivity (Wildman–Crippen MR) is 75.2 cm³/mol. The molecule has 110 valence electrons. The topological polar surface area (TPSA) is 49.8 Å². The number of carbonyl (C=O) groups is 1. The molecule has 1 unspecified atom stereocenters. The molecule has 1 atom stereocenters. The van der Waals surface area contributed by atoms with E-state index >= 15 is 0 Å². The molecular weight excluding hydrogens is 240 g/mol. The maximum Gasteiger partial charge on any atom is 0.338 e. The van der Waals surface area contributed by atoms with Crippen LogP contribution in [0.2, 0.25) is 0 Å². The Hall–Kier alpha value is -0.570. The number of hydrogen-bond acceptors (Lipinski definition) is 2. The van der Waals surface area contributed by atoms with Crippen molar-refractivity contribution < 1.29 is 14.6 Å². The molecule has 19 heavy (non-hydrogen) atoms. The molecule has 1 heterocycles. The Morgan fingerprint density at radius 2 is 1.47 bits per heavy atom. The van der Waals surface area contributed by atoms with Gasteiger partial charge in [-0.05, 0) is 18.8 Å². The van der Waals surface area contributed by atoms with E-state index in [9.17, 15) is 4.79 Å². The van der Waals surface area contributed by atoms with Gasteiger partial charge in [0.05, 0.1) is 6.61 Å². The first kappa shape index (κ1) is 14.8. The summed E-state index contributed by atoms with van der Waals surface area (Å²) in [4.78, 5) is 11.1. The molecule has 2 aliphatic rings. The van der Waals surface area contributed by atoms with Crippen molar-refractivity contribution in [2.75, 3.05) is 6.61 Å². The molecule has 2 fully saturated rings. The van der Waals surface area contributed by atoms with Crippen molar-refractivity contribution in [2.45, 2.75) is 82.7 Å². The third-order valence-corrected chi connectivity index (χ3v) is 4.81. The smallest absolute Gasteiger partial charge is 0.338 e. The summed E-state index contributed by atoms with van der Waals surface area (Å²) in [5.41, 5.74) is -0.799. The van der Waals surface area contributed by atoms with Crippen LogP contribution in [0.4, 0.5) is 0 Å². The number of ether oxygens (including phenoxy) is 1. The third-order valence-electron chi connectivity index (χ3n) is 4.81. The number of carboxylic acids is 1. The molecule has 0 aromatic heterocycles. The Morgan fingerprint density at radius 1 is 1.00 bits per heavy atom. The van der Waals surface area contributed by atoms with Crippen LogP contribution in [0.15, 0.2) is 0 Å². The molecule has 2 rings (SSSR count). The second kappa shape index (κ2) is 7.28. The van der Waals surface area contributed by atoms with Crippen LogP contribution in [-0.4, -0.2) is 23.3 Å². The van der Waals surface area contributed by atoms with Crippen molar-refractivity contribution in [1.29, 1.82) is 0 Å². The van der Waals surface area contributed by atoms with Crippen molar-refractivity contribution in [3.63, 3.8) is 0 Å². The van der Waals surface area contributed by atoms with E-state index in [-0.39, 0.29) is 0 Å². The number of hydrogen-bond donors (Lipinski definition) is 1. The van der Waals surface area contributed by atoms with Gasteiger partial charge in [0.2, 0.25) is 0 Å². The third kappa shape index (κ3) is 4.79. The lowest BCUT2D eigenvalue weighted by atomic mass is 9.88. The van der Waals surface area contributed by atoms with Gasteiger partial charge in [-0.2, -0.15) is 0 Å². The Morgan fingerprint density at radius 3 is 1.89 bits per heavy atom. The van der Waals surface area contributed by atoms with E-state index in [1.54, 1.807) is 0 Å². The second-order valence-corrected chi connectivity index (χ2v) is 6.40. The Bertz CT molecular complexity index is 272. The van der Waals surface area contributed by atoms with E-state index in [1.807, 2.05) is 0 Å². The highest BCUT2D eigenvalue weighted by Crippen LogP contribution is 2.36. The minimum absolute atomic E-state index is 0.426. The van der Waals surface area contributed by atoms with Gasteiger partial charge in [-0.3, -0.25) is 0 Å². The fourth-order valence-corrected chi connectivity index (χ4v) is 3.26. The van der Waals surface area contributed by atoms with Gasteiger partial charge in [0.1, 0.15) is 0 Å². The summed E-state index contributed by atoms with van der Waals surface area (Å²) >= 11 is 0. The lowest BCUT2D eigenvalue weighted by molar-refractivity contribution is -0.143. The number of carboxylic acid groups (broad SMARTS) is 1. The summed E-state index contributed by atoms with van der Waals surface area (Å²) < 4.78 is 5.17. The summed E-state index contributed by atoms with van der Waals surface area (Å²) in [5, 5.41) is 9.13. The number of rotatable bonds is 4. The number of aliphatic carboxylic acids is 1. The van der Waals surface area contributed by atoms with Gasteiger partial charge in [-0.25, -0.2) is 4.79 Å². The van der Waals surface area contributed by atoms with Gasteiger partial charge in [0.15, 0.2) is 5.60 Å². The quantitative estimate of drug-likeness (QED) is 0.779. The van der Waals surface area contributed by atoms with Crippen LogP contribution < -0.4 is 0 Å². The summed E-state index contributed by atoms with van der Waals surface area (Å²) in [6.45, 7) is 0.426. The minimum Gasteiger partial charge on any atom is -0.479 e. The van der Waals surface area contributed by atoms with E-state index < -0.39 is 11.6 Å². The van der Waals surface area contributed by atoms with Crippen molar-refractivity contribution >= 4 is 5.97 Å². The fourth-order valence-electron chi connectivity index (χ4n) is 3.26. The van der Waals surface area contributed by atoms with Gasteiger partial charge in [-0.1, -0.05) is 64.2 Å². The summed E-state index contributed by atoms with van der Waals surface area (Å²) in [5.74, 6) is -0.0392. The molecule has 1 aliphatic carbocycles. The Balaban J connectivity index is 1.74. The van der Waals surface area contributed by atoms with Crippen LogP contribution >= 0.6 is 0 Å². The molecule has 0 aromatic rings. The summed E-state index contributed by atoms with van der Waals surface area (Å²) in [7, 11) is 0. The largest absolute Gasteiger partial charge is 0.479 e. The van der Waals surface area contributed by atoms with E-state index in [2.05, 4.69) is 0 Å². The molecule has 0 spiro atoms. The summed E-state index contributed by atoms with van der Waals surface area (Å²) in [6, 6.07) is 0. The molecule has 0 radical (unpaired) electrons. The van der Waals surface area contributed by atoms with E-state index in [0.29, 0.717) is 13.0 Å². The molecule has 3 heteroatoms. The zero-order valence-electron chi connectivity index (χ0n) is 12.0. The summed E-state index contributed by atoms with van der Waals surface area (Å²) in [6.07, 6.45) is 15.3. The molecule has 0 amide bonds. The van der Waals surface area contributed by atoms with E-state index in [0.717, 1.165) is 12.3 Å². The standard InChI is InChI=1S/C16H28O3/c17-15(18)16(13-19-16)12-11-14-9-7-5-3-1-2-4-6-8-10-14/h14H,1-13H2,(H,17,18). The molecule has 0 bridgehead atoms. The van der Waals surface area contributed by atoms with Crippen LogP contribution in [0.1, 0.15) is 77.0 Å². The van der Waals surface area contributed by atoms with Gasteiger partial charge in [0, 0.05) is 0 Å². The van der Waals surface area contributed by atoms with Crippen LogP contribution in [-0.2, 0) is 9.53 Å². The minimum atomic E-state index is -0.799. The monoisotopic (exact) mass is 268 g/mol. The molecular formula is C16H28O3. The van der Waals surface area contributed by atoms with Crippen LogP contribution in [0.5, 0.6) is 0 Å². The van der Waals surface area contributed by atoms with Crippen LogP contribution in [0.25, 0.3) is 0 Å². The first-order valence-corrected chi connectivity index (χ1v) is 8.10. The average molecular weight is 268 g/mol. The van der Waals surface area contributed by atoms with Crippen LogP contribution in [0.3, 0.4) is 0 Å². The Labute approximate surface area is 116 Å². The van der Waals surface area contributed by atoms with Crippen molar-refractivity contribution in [3.05, 3.63) is 0 Å². The van der Waals surface area contributed by atoms with Gasteiger partial charge in [-0.15, -0.1) is 0 Å². The van der Waals surface area contributed by atoms with Crippen molar-refractivity contribution in [3.8, 4) is 0 Å². The zero-order valence-corrected chi connectivity index (χ0v) is 12.0. The molecule has 1 aliphatic heterocycles. The molecule has 3 nitrogen and oxygen atoms in total. The van der Waals surface area contributed by atoms with Crippen LogP contribution in [0, 0.1) is 5.92 Å². The highest BCUT2D eigenvalue weighted by Gasteiger charge is 2.52. The van der Waals surface area contributed by atoms with Gasteiger partial charge in [0.25, 0.3) is 0 Å². The Kier molecular flexibility index (Phi) is 5.68. The number of epoxide rings is 1. The maximum atomic E-state index is 11.1. The normalized spacial score (nSPS) is 30.5. The molecule has 1 saturated carbocycles. The van der Waals surface area contributed by atoms with E-state index in [1.165, 1.54) is 64.2 Å². The lowest BCUT2D eigenvalue weighted by Gasteiger charge is -2.17. The highest BCUT2D eigenvalue weighted by atomic mass is 16.6. The fraction of sp³-hybridized carbons (Fsp3) is 0.938.